The molecule has 3 aromatic rings. The lowest BCUT2D eigenvalue weighted by Crippen LogP contribution is -2.52. The van der Waals surface area contributed by atoms with E-state index >= 15 is 0 Å². The number of fused-ring (bicyclic) bond motifs is 1. The van der Waals surface area contributed by atoms with Crippen molar-refractivity contribution in [3.8, 4) is 0 Å². The van der Waals surface area contributed by atoms with Crippen molar-refractivity contribution >= 4 is 40.6 Å². The number of carbonyl (C=O) groups excluding carboxylic acids is 5. The van der Waals surface area contributed by atoms with Crippen LogP contribution in [-0.4, -0.2) is 65.7 Å². The van der Waals surface area contributed by atoms with Gasteiger partial charge in [-0.1, -0.05) is 73.7 Å². The van der Waals surface area contributed by atoms with Crippen LogP contribution in [-0.2, 0) is 52.8 Å². The highest BCUT2D eigenvalue weighted by molar-refractivity contribution is 5.88. The van der Waals surface area contributed by atoms with Crippen molar-refractivity contribution < 1.29 is 38.2 Å². The molecule has 0 saturated heterocycles. The quantitative estimate of drug-likeness (QED) is 0.0712. The minimum atomic E-state index is -1.19. The van der Waals surface area contributed by atoms with Crippen LogP contribution in [0.5, 0.6) is 0 Å². The van der Waals surface area contributed by atoms with Crippen LogP contribution < -0.4 is 21.7 Å². The molecule has 5 N–H and O–H groups in total. The van der Waals surface area contributed by atoms with Crippen molar-refractivity contribution in [3.63, 3.8) is 0 Å². The molecule has 0 bridgehead atoms. The average molecular weight is 747 g/mol. The van der Waals surface area contributed by atoms with E-state index in [9.17, 15) is 24.0 Å². The lowest BCUT2D eigenvalue weighted by atomic mass is 10.0. The molecule has 294 valence electrons. The van der Waals surface area contributed by atoms with Crippen LogP contribution in [0.2, 0.25) is 0 Å². The van der Waals surface area contributed by atoms with Crippen molar-refractivity contribution in [1.29, 1.82) is 0 Å². The fourth-order valence-corrected chi connectivity index (χ4v) is 5.54. The predicted molar refractivity (Wildman–Crippen MR) is 208 cm³/mol. The van der Waals surface area contributed by atoms with Crippen LogP contribution in [0.25, 0.3) is 10.8 Å². The van der Waals surface area contributed by atoms with Gasteiger partial charge in [-0.05, 0) is 108 Å². The molecule has 3 atom stereocenters. The summed E-state index contributed by atoms with van der Waals surface area (Å²) >= 11 is 0. The number of esters is 3. The van der Waals surface area contributed by atoms with Crippen molar-refractivity contribution in [3.05, 3.63) is 83.4 Å². The Hall–Kier alpha value is -4.97. The Bertz CT molecular complexity index is 1710. The third kappa shape index (κ3) is 16.0. The molecule has 3 aromatic carbocycles. The molecule has 0 radical (unpaired) electrons. The van der Waals surface area contributed by atoms with Gasteiger partial charge in [-0.15, -0.1) is 0 Å². The molecule has 0 heterocycles. The average Bonchev–Trinajstić information content (AvgIpc) is 3.10. The number of unbranched alkanes of at least 4 members (excludes halogenated alkanes) is 1. The van der Waals surface area contributed by atoms with Crippen LogP contribution in [0.15, 0.2) is 66.7 Å². The van der Waals surface area contributed by atoms with Gasteiger partial charge in [-0.25, -0.2) is 14.4 Å². The van der Waals surface area contributed by atoms with E-state index in [1.165, 1.54) is 0 Å². The molecule has 54 heavy (non-hydrogen) atoms. The summed E-state index contributed by atoms with van der Waals surface area (Å²) in [6.07, 6.45) is 2.15. The molecule has 0 aliphatic heterocycles. The maximum Gasteiger partial charge on any atom is 0.329 e. The van der Waals surface area contributed by atoms with E-state index in [0.717, 1.165) is 33.9 Å². The van der Waals surface area contributed by atoms with Gasteiger partial charge in [0.25, 0.3) is 0 Å². The summed E-state index contributed by atoms with van der Waals surface area (Å²) in [5.41, 5.74) is 7.55. The molecule has 0 saturated carbocycles. The number of aryl methyl sites for hydroxylation is 1. The first kappa shape index (κ1) is 43.4. The largest absolute Gasteiger partial charge is 0.460 e. The fourth-order valence-electron chi connectivity index (χ4n) is 5.54. The summed E-state index contributed by atoms with van der Waals surface area (Å²) in [5, 5.41) is 10.3. The third-order valence-electron chi connectivity index (χ3n) is 8.28. The van der Waals surface area contributed by atoms with E-state index in [4.69, 9.17) is 19.9 Å². The number of hydrogen-bond acceptors (Lipinski definition) is 9. The first-order valence-electron chi connectivity index (χ1n) is 18.7. The van der Waals surface area contributed by atoms with Gasteiger partial charge in [0.15, 0.2) is 0 Å². The molecule has 0 aliphatic rings. The molecule has 12 nitrogen and oxygen atoms in total. The summed E-state index contributed by atoms with van der Waals surface area (Å²) in [5.74, 6) is -2.21. The Morgan fingerprint density at radius 3 is 1.93 bits per heavy atom. The Labute approximate surface area is 319 Å². The van der Waals surface area contributed by atoms with Gasteiger partial charge in [-0.2, -0.15) is 0 Å². The second kappa shape index (κ2) is 20.5. The number of benzene rings is 3. The highest BCUT2D eigenvalue weighted by Gasteiger charge is 2.30. The molecule has 3 rings (SSSR count). The van der Waals surface area contributed by atoms with Crippen LogP contribution in [0.1, 0.15) is 97.3 Å². The molecule has 0 unspecified atom stereocenters. The SMILES string of the molecule is CCc1ccc(COC(=O)[C@H](CCCCNC(=O)[C@@H](N)Cc2ccc3ccccc3c2)NC(=O)N[C@@H](CCC(=O)OC(C)(C)C)C(=O)OC(C)(C)C)cc1. The van der Waals surface area contributed by atoms with Crippen molar-refractivity contribution in [2.24, 2.45) is 5.73 Å². The summed E-state index contributed by atoms with van der Waals surface area (Å²) < 4.78 is 16.5. The van der Waals surface area contributed by atoms with Gasteiger partial charge < -0.3 is 35.9 Å². The molecule has 3 amide bonds. The van der Waals surface area contributed by atoms with E-state index in [1.807, 2.05) is 73.7 Å². The Morgan fingerprint density at radius 2 is 1.30 bits per heavy atom. The predicted octanol–water partition coefficient (Wildman–Crippen LogP) is 5.80. The standard InChI is InChI=1S/C42H58N4O8/c1-8-28-16-18-29(19-17-28)27-52-38(49)34(45-40(51)46-35(39(50)54-42(5,6)7)22-23-36(47)53-41(2,3)4)15-11-12-24-44-37(48)33(43)26-30-20-21-31-13-9-10-14-32(31)25-30/h9-10,13-14,16-21,25,33-35H,8,11-12,15,22-24,26-27,43H2,1-7H3,(H,44,48)(H2,45,46,51)/t33-,34-,35-/m0/s1. The number of hydrogen-bond donors (Lipinski definition) is 4. The fraction of sp³-hybridized carbons (Fsp3) is 0.500. The van der Waals surface area contributed by atoms with Crippen molar-refractivity contribution in [2.45, 2.75) is 129 Å². The second-order valence-corrected chi connectivity index (χ2v) is 15.4. The van der Waals surface area contributed by atoms with Gasteiger partial charge in [0.2, 0.25) is 5.91 Å². The van der Waals surface area contributed by atoms with Gasteiger partial charge in [-0.3, -0.25) is 9.59 Å². The zero-order valence-electron chi connectivity index (χ0n) is 32.8. The number of ether oxygens (including phenoxy) is 3. The summed E-state index contributed by atoms with van der Waals surface area (Å²) in [6.45, 7) is 12.6. The summed E-state index contributed by atoms with van der Waals surface area (Å²) in [4.78, 5) is 64.9. The van der Waals surface area contributed by atoms with Crippen LogP contribution in [0, 0.1) is 0 Å². The normalized spacial score (nSPS) is 13.3. The zero-order valence-corrected chi connectivity index (χ0v) is 32.8. The Balaban J connectivity index is 1.60. The lowest BCUT2D eigenvalue weighted by molar-refractivity contribution is -0.158. The zero-order chi connectivity index (χ0) is 39.9. The summed E-state index contributed by atoms with van der Waals surface area (Å²) in [7, 11) is 0. The first-order valence-corrected chi connectivity index (χ1v) is 18.7. The molecule has 0 aliphatic carbocycles. The maximum absolute atomic E-state index is 13.3. The number of rotatable bonds is 18. The number of nitrogens with two attached hydrogens (primary N) is 1. The van der Waals surface area contributed by atoms with Crippen molar-refractivity contribution in [2.75, 3.05) is 6.54 Å². The molecule has 0 aromatic heterocycles. The van der Waals surface area contributed by atoms with E-state index in [-0.39, 0.29) is 31.8 Å². The van der Waals surface area contributed by atoms with Crippen LogP contribution in [0.3, 0.4) is 0 Å². The van der Waals surface area contributed by atoms with Gasteiger partial charge in [0.05, 0.1) is 6.04 Å². The number of carbonyl (C=O) groups is 5. The second-order valence-electron chi connectivity index (χ2n) is 15.4. The number of amides is 3. The van der Waals surface area contributed by atoms with E-state index in [2.05, 4.69) is 16.0 Å². The minimum Gasteiger partial charge on any atom is -0.460 e. The molecular weight excluding hydrogens is 688 g/mol. The molecular formula is C42H58N4O8. The maximum atomic E-state index is 13.3. The Kier molecular flexibility index (Phi) is 16.5. The minimum absolute atomic E-state index is 0.00417. The van der Waals surface area contributed by atoms with Gasteiger partial charge >= 0.3 is 23.9 Å². The van der Waals surface area contributed by atoms with Crippen LogP contribution >= 0.6 is 0 Å². The first-order chi connectivity index (χ1) is 25.4. The van der Waals surface area contributed by atoms with E-state index in [0.29, 0.717) is 25.8 Å². The summed E-state index contributed by atoms with van der Waals surface area (Å²) in [6, 6.07) is 17.9. The number of nitrogens with one attached hydrogen (secondary N) is 3. The van der Waals surface area contributed by atoms with Gasteiger partial charge in [0, 0.05) is 13.0 Å². The van der Waals surface area contributed by atoms with E-state index in [1.54, 1.807) is 41.5 Å². The van der Waals surface area contributed by atoms with Gasteiger partial charge in [0.1, 0.15) is 29.9 Å². The lowest BCUT2D eigenvalue weighted by Gasteiger charge is -2.26. The van der Waals surface area contributed by atoms with Crippen LogP contribution in [0.4, 0.5) is 4.79 Å². The highest BCUT2D eigenvalue weighted by Crippen LogP contribution is 2.17. The molecule has 12 heteroatoms. The molecule has 0 spiro atoms. The monoisotopic (exact) mass is 746 g/mol. The third-order valence-corrected chi connectivity index (χ3v) is 8.28. The number of urea groups is 1. The molecule has 0 fully saturated rings. The topological polar surface area (TPSA) is 175 Å². The smallest absolute Gasteiger partial charge is 0.329 e. The van der Waals surface area contributed by atoms with E-state index < -0.39 is 53.3 Å². The Morgan fingerprint density at radius 1 is 0.704 bits per heavy atom. The van der Waals surface area contributed by atoms with Crippen molar-refractivity contribution in [1.82, 2.24) is 16.0 Å². The highest BCUT2D eigenvalue weighted by atomic mass is 16.6.